The summed E-state index contributed by atoms with van der Waals surface area (Å²) in [4.78, 5) is 24.6. The summed E-state index contributed by atoms with van der Waals surface area (Å²) in [6.07, 6.45) is 8.49. The Kier molecular flexibility index (Phi) is 14.4. The highest BCUT2D eigenvalue weighted by Crippen LogP contribution is 2.59. The van der Waals surface area contributed by atoms with E-state index in [-0.39, 0.29) is 17.5 Å². The summed E-state index contributed by atoms with van der Waals surface area (Å²) in [7, 11) is 2.00. The van der Waals surface area contributed by atoms with E-state index in [1.807, 2.05) is 33.8 Å². The second-order valence-corrected chi connectivity index (χ2v) is 6.13. The quantitative estimate of drug-likeness (QED) is 0.561. The molecule has 4 atom stereocenters. The molecule has 2 N–H and O–H groups in total. The topological polar surface area (TPSA) is 74.6 Å². The fourth-order valence-corrected chi connectivity index (χ4v) is 4.37. The Morgan fingerprint density at radius 3 is 2.08 bits per heavy atom. The number of ketones is 2. The third-order valence-electron chi connectivity index (χ3n) is 5.48. The van der Waals surface area contributed by atoms with Gasteiger partial charge in [-0.3, -0.25) is 9.59 Å². The molecule has 3 aliphatic carbocycles. The van der Waals surface area contributed by atoms with Gasteiger partial charge in [-0.1, -0.05) is 53.2 Å². The third-order valence-corrected chi connectivity index (χ3v) is 5.48. The summed E-state index contributed by atoms with van der Waals surface area (Å²) in [6, 6.07) is 0. The zero-order valence-electron chi connectivity index (χ0n) is 17.8. The number of hydrogen-bond donors (Lipinski definition) is 2. The van der Waals surface area contributed by atoms with Crippen LogP contribution in [-0.2, 0) is 9.59 Å². The molecule has 3 rings (SSSR count). The largest absolute Gasteiger partial charge is 0.400 e. The van der Waals surface area contributed by atoms with Crippen LogP contribution in [0.2, 0.25) is 0 Å². The van der Waals surface area contributed by atoms with Gasteiger partial charge in [-0.15, -0.1) is 0 Å². The van der Waals surface area contributed by atoms with E-state index < -0.39 is 5.41 Å². The Bertz CT molecular complexity index is 467. The number of aliphatic hydroxyl groups excluding tert-OH is 2. The summed E-state index contributed by atoms with van der Waals surface area (Å²) >= 11 is 0. The Labute approximate surface area is 160 Å². The van der Waals surface area contributed by atoms with Crippen molar-refractivity contribution in [1.82, 2.24) is 0 Å². The van der Waals surface area contributed by atoms with Gasteiger partial charge in [0.15, 0.2) is 11.6 Å². The molecule has 0 radical (unpaired) electrons. The predicted molar refractivity (Wildman–Crippen MR) is 109 cm³/mol. The second kappa shape index (κ2) is 13.9. The highest BCUT2D eigenvalue weighted by atomic mass is 16.2. The molecule has 4 unspecified atom stereocenters. The van der Waals surface area contributed by atoms with Gasteiger partial charge in [0, 0.05) is 14.2 Å². The molecular formula is C22H40O4. The summed E-state index contributed by atoms with van der Waals surface area (Å²) in [5, 5.41) is 14.0. The first-order valence-corrected chi connectivity index (χ1v) is 9.93. The number of fused-ring (bicyclic) bond motifs is 3. The van der Waals surface area contributed by atoms with Crippen molar-refractivity contribution in [3.8, 4) is 0 Å². The normalized spacial score (nSPS) is 30.1. The van der Waals surface area contributed by atoms with E-state index in [1.165, 1.54) is 24.5 Å². The van der Waals surface area contributed by atoms with Gasteiger partial charge in [0.25, 0.3) is 0 Å². The molecule has 2 fully saturated rings. The van der Waals surface area contributed by atoms with Gasteiger partial charge in [0.1, 0.15) is 0 Å². The summed E-state index contributed by atoms with van der Waals surface area (Å²) in [6.45, 7) is 13.8. The summed E-state index contributed by atoms with van der Waals surface area (Å²) in [5.41, 5.74) is 0.607. The minimum atomic E-state index is -0.715. The number of hydrogen-bond acceptors (Lipinski definition) is 4. The van der Waals surface area contributed by atoms with E-state index in [2.05, 4.69) is 13.5 Å². The standard InChI is InChI=1S/C16H20O2.2C2H6.2CH4O/c1-3-14(17)16-8-7-13(16)11-6-4-5-10(2)12(11)9-15(16)18;4*1-2/h3,9-11,13H,1,4-8H2,2H3;2*1-2H3;2*2H,1H3. The highest BCUT2D eigenvalue weighted by Gasteiger charge is 2.61. The van der Waals surface area contributed by atoms with Crippen molar-refractivity contribution in [2.75, 3.05) is 14.2 Å². The number of carbonyl (C=O) groups excluding carboxylic acids is 2. The van der Waals surface area contributed by atoms with Crippen LogP contribution in [0.4, 0.5) is 0 Å². The SMILES string of the molecule is C=CC(=O)C12CCC1C1CCCC(C)C1=CC2=O.CC.CC.CO.CO. The minimum Gasteiger partial charge on any atom is -0.400 e. The monoisotopic (exact) mass is 368 g/mol. The lowest BCUT2D eigenvalue weighted by Crippen LogP contribution is -2.57. The molecule has 4 nitrogen and oxygen atoms in total. The molecule has 3 aliphatic rings. The smallest absolute Gasteiger partial charge is 0.169 e. The summed E-state index contributed by atoms with van der Waals surface area (Å²) < 4.78 is 0. The van der Waals surface area contributed by atoms with Crippen LogP contribution in [-0.4, -0.2) is 36.0 Å². The Morgan fingerprint density at radius 2 is 1.65 bits per heavy atom. The van der Waals surface area contributed by atoms with Crippen molar-refractivity contribution < 1.29 is 19.8 Å². The van der Waals surface area contributed by atoms with E-state index >= 15 is 0 Å². The van der Waals surface area contributed by atoms with Crippen molar-refractivity contribution in [3.63, 3.8) is 0 Å². The van der Waals surface area contributed by atoms with Crippen molar-refractivity contribution in [2.24, 2.45) is 23.2 Å². The van der Waals surface area contributed by atoms with E-state index in [9.17, 15) is 9.59 Å². The fourth-order valence-electron chi connectivity index (χ4n) is 4.37. The third kappa shape index (κ3) is 4.92. The lowest BCUT2D eigenvalue weighted by atomic mass is 9.46. The number of aliphatic hydroxyl groups is 2. The average Bonchev–Trinajstić information content (AvgIpc) is 2.69. The molecule has 2 saturated carbocycles. The zero-order valence-corrected chi connectivity index (χ0v) is 17.8. The summed E-state index contributed by atoms with van der Waals surface area (Å²) in [5.74, 6) is 1.27. The maximum absolute atomic E-state index is 12.4. The van der Waals surface area contributed by atoms with Gasteiger partial charge in [-0.25, -0.2) is 0 Å². The van der Waals surface area contributed by atoms with Crippen LogP contribution in [0.3, 0.4) is 0 Å². The molecular weight excluding hydrogens is 328 g/mol. The maximum Gasteiger partial charge on any atom is 0.169 e. The highest BCUT2D eigenvalue weighted by molar-refractivity contribution is 6.17. The van der Waals surface area contributed by atoms with Crippen LogP contribution in [0, 0.1) is 23.2 Å². The first-order valence-electron chi connectivity index (χ1n) is 9.93. The molecule has 0 spiro atoms. The predicted octanol–water partition coefficient (Wildman–Crippen LogP) is 4.35. The molecule has 26 heavy (non-hydrogen) atoms. The van der Waals surface area contributed by atoms with E-state index in [4.69, 9.17) is 10.2 Å². The van der Waals surface area contributed by atoms with Gasteiger partial charge < -0.3 is 10.2 Å². The van der Waals surface area contributed by atoms with Crippen molar-refractivity contribution in [2.45, 2.75) is 66.7 Å². The van der Waals surface area contributed by atoms with Crippen LogP contribution in [0.25, 0.3) is 0 Å². The van der Waals surface area contributed by atoms with E-state index in [0.29, 0.717) is 11.8 Å². The van der Waals surface area contributed by atoms with Gasteiger partial charge in [-0.05, 0) is 55.6 Å². The second-order valence-electron chi connectivity index (χ2n) is 6.13. The Hall–Kier alpha value is -1.26. The molecule has 0 saturated heterocycles. The van der Waals surface area contributed by atoms with Gasteiger partial charge >= 0.3 is 0 Å². The molecule has 0 aromatic carbocycles. The molecule has 0 aromatic rings. The molecule has 4 heteroatoms. The van der Waals surface area contributed by atoms with Crippen molar-refractivity contribution in [1.29, 1.82) is 0 Å². The average molecular weight is 369 g/mol. The van der Waals surface area contributed by atoms with E-state index in [1.54, 1.807) is 0 Å². The zero-order chi connectivity index (χ0) is 20.9. The van der Waals surface area contributed by atoms with Crippen LogP contribution in [0.1, 0.15) is 66.7 Å². The molecule has 0 amide bonds. The van der Waals surface area contributed by atoms with Crippen molar-refractivity contribution in [3.05, 3.63) is 24.3 Å². The van der Waals surface area contributed by atoms with Gasteiger partial charge in [0.2, 0.25) is 0 Å². The van der Waals surface area contributed by atoms with Crippen LogP contribution < -0.4 is 0 Å². The van der Waals surface area contributed by atoms with Crippen molar-refractivity contribution >= 4 is 11.6 Å². The molecule has 152 valence electrons. The number of rotatable bonds is 2. The number of allylic oxidation sites excluding steroid dienone is 3. The van der Waals surface area contributed by atoms with Crippen LogP contribution >= 0.6 is 0 Å². The molecule has 0 bridgehead atoms. The lowest BCUT2D eigenvalue weighted by molar-refractivity contribution is -0.152. The van der Waals surface area contributed by atoms with Crippen LogP contribution in [0.15, 0.2) is 24.3 Å². The van der Waals surface area contributed by atoms with Crippen LogP contribution in [0.5, 0.6) is 0 Å². The van der Waals surface area contributed by atoms with E-state index in [0.717, 1.165) is 33.5 Å². The molecule has 0 aliphatic heterocycles. The molecule has 0 aromatic heterocycles. The maximum atomic E-state index is 12.4. The minimum absolute atomic E-state index is 0.0442. The molecule has 0 heterocycles. The Morgan fingerprint density at radius 1 is 1.12 bits per heavy atom. The Balaban J connectivity index is 0. The fraction of sp³-hybridized carbons (Fsp3) is 0.727. The lowest BCUT2D eigenvalue weighted by Gasteiger charge is -2.55. The number of carbonyl (C=O) groups is 2. The van der Waals surface area contributed by atoms with Gasteiger partial charge in [-0.2, -0.15) is 0 Å². The first kappa shape index (κ1) is 27.0. The van der Waals surface area contributed by atoms with Gasteiger partial charge in [0.05, 0.1) is 5.41 Å². The first-order chi connectivity index (χ1) is 12.6.